The third-order valence-corrected chi connectivity index (χ3v) is 2.71. The molecule has 0 amide bonds. The van der Waals surface area contributed by atoms with E-state index in [0.29, 0.717) is 12.2 Å². The summed E-state index contributed by atoms with van der Waals surface area (Å²) in [5.74, 6) is 1.00. The van der Waals surface area contributed by atoms with Crippen LogP contribution >= 0.6 is 0 Å². The lowest BCUT2D eigenvalue weighted by molar-refractivity contribution is 0.112. The lowest BCUT2D eigenvalue weighted by Gasteiger charge is -2.12. The third-order valence-electron chi connectivity index (χ3n) is 2.71. The van der Waals surface area contributed by atoms with E-state index in [9.17, 15) is 4.79 Å². The van der Waals surface area contributed by atoms with Gasteiger partial charge in [-0.3, -0.25) is 9.78 Å². The van der Waals surface area contributed by atoms with Gasteiger partial charge in [-0.25, -0.2) is 0 Å². The van der Waals surface area contributed by atoms with Gasteiger partial charge in [0.1, 0.15) is 12.0 Å². The first-order valence-electron chi connectivity index (χ1n) is 5.88. The van der Waals surface area contributed by atoms with E-state index in [4.69, 9.17) is 4.74 Å². The van der Waals surface area contributed by atoms with Crippen LogP contribution in [0.4, 0.5) is 0 Å². The summed E-state index contributed by atoms with van der Waals surface area (Å²) in [5, 5.41) is 0. The normalized spacial score (nSPS) is 11.8. The Morgan fingerprint density at radius 1 is 1.22 bits per heavy atom. The van der Waals surface area contributed by atoms with Crippen molar-refractivity contribution < 1.29 is 9.53 Å². The van der Waals surface area contributed by atoms with Crippen molar-refractivity contribution in [1.82, 2.24) is 4.98 Å². The first-order valence-corrected chi connectivity index (χ1v) is 5.88. The zero-order chi connectivity index (χ0) is 12.8. The molecular formula is C15H15NO2. The van der Waals surface area contributed by atoms with Crippen molar-refractivity contribution in [1.29, 1.82) is 0 Å². The molecule has 3 nitrogen and oxygen atoms in total. The molecule has 0 spiro atoms. The highest BCUT2D eigenvalue weighted by Crippen LogP contribution is 2.16. The molecule has 1 unspecified atom stereocenters. The molecule has 1 heterocycles. The monoisotopic (exact) mass is 241 g/mol. The highest BCUT2D eigenvalue weighted by atomic mass is 16.5. The van der Waals surface area contributed by atoms with Crippen molar-refractivity contribution in [2.45, 2.75) is 12.8 Å². The highest BCUT2D eigenvalue weighted by molar-refractivity contribution is 5.74. The molecule has 3 heteroatoms. The zero-order valence-electron chi connectivity index (χ0n) is 10.2. The lowest BCUT2D eigenvalue weighted by Crippen LogP contribution is -2.08. The van der Waals surface area contributed by atoms with E-state index < -0.39 is 0 Å². The van der Waals surface area contributed by atoms with E-state index in [1.165, 1.54) is 0 Å². The largest absolute Gasteiger partial charge is 0.493 e. The van der Waals surface area contributed by atoms with Crippen LogP contribution in [0.15, 0.2) is 48.7 Å². The molecule has 0 aliphatic carbocycles. The minimum Gasteiger partial charge on any atom is -0.493 e. The molecule has 1 atom stereocenters. The number of rotatable bonds is 5. The maximum absolute atomic E-state index is 10.5. The third kappa shape index (κ3) is 3.17. The van der Waals surface area contributed by atoms with Gasteiger partial charge >= 0.3 is 0 Å². The van der Waals surface area contributed by atoms with Crippen LogP contribution in [0.25, 0.3) is 0 Å². The number of carbonyl (C=O) groups excluding carboxylic acids is 1. The van der Waals surface area contributed by atoms with Gasteiger partial charge in [-0.2, -0.15) is 0 Å². The number of pyridine rings is 1. The number of carbonyl (C=O) groups is 1. The van der Waals surface area contributed by atoms with Gasteiger partial charge < -0.3 is 4.74 Å². The van der Waals surface area contributed by atoms with E-state index >= 15 is 0 Å². The molecule has 0 aliphatic rings. The second-order valence-electron chi connectivity index (χ2n) is 4.15. The van der Waals surface area contributed by atoms with Crippen molar-refractivity contribution >= 4 is 6.29 Å². The molecule has 0 N–H and O–H groups in total. The first-order chi connectivity index (χ1) is 8.79. The molecule has 1 aromatic heterocycles. The molecule has 18 heavy (non-hydrogen) atoms. The Bertz CT molecular complexity index is 494. The second kappa shape index (κ2) is 5.96. The average molecular weight is 241 g/mol. The molecule has 1 aromatic carbocycles. The van der Waals surface area contributed by atoms with Crippen molar-refractivity contribution in [2.24, 2.45) is 0 Å². The molecule has 92 valence electrons. The molecule has 2 rings (SSSR count). The summed E-state index contributed by atoms with van der Waals surface area (Å²) in [6.45, 7) is 2.64. The molecule has 0 saturated heterocycles. The molecule has 2 aromatic rings. The Morgan fingerprint density at radius 3 is 2.61 bits per heavy atom. The van der Waals surface area contributed by atoms with Gasteiger partial charge in [-0.1, -0.05) is 13.0 Å². The number of ether oxygens (including phenoxy) is 1. The maximum Gasteiger partial charge on any atom is 0.150 e. The van der Waals surface area contributed by atoms with Gasteiger partial charge in [0.2, 0.25) is 0 Å². The van der Waals surface area contributed by atoms with Crippen LogP contribution in [0.1, 0.15) is 28.9 Å². The summed E-state index contributed by atoms with van der Waals surface area (Å²) >= 11 is 0. The summed E-state index contributed by atoms with van der Waals surface area (Å²) in [6.07, 6.45) is 2.60. The number of benzene rings is 1. The number of aromatic nitrogens is 1. The summed E-state index contributed by atoms with van der Waals surface area (Å²) in [5.41, 5.74) is 1.67. The van der Waals surface area contributed by atoms with E-state index in [-0.39, 0.29) is 5.92 Å². The van der Waals surface area contributed by atoms with Gasteiger partial charge in [-0.15, -0.1) is 0 Å². The summed E-state index contributed by atoms with van der Waals surface area (Å²) < 4.78 is 5.67. The Labute approximate surface area is 106 Å². The molecule has 0 fully saturated rings. The van der Waals surface area contributed by atoms with Gasteiger partial charge in [0, 0.05) is 23.4 Å². The van der Waals surface area contributed by atoms with E-state index in [0.717, 1.165) is 17.7 Å². The fourth-order valence-corrected chi connectivity index (χ4v) is 1.62. The van der Waals surface area contributed by atoms with Gasteiger partial charge in [0.05, 0.1) is 6.61 Å². The fourth-order valence-electron chi connectivity index (χ4n) is 1.62. The van der Waals surface area contributed by atoms with Crippen molar-refractivity contribution in [2.75, 3.05) is 6.61 Å². The van der Waals surface area contributed by atoms with E-state index in [1.807, 2.05) is 18.2 Å². The minimum atomic E-state index is 0.233. The number of nitrogens with zero attached hydrogens (tertiary/aromatic N) is 1. The molecule has 0 bridgehead atoms. The van der Waals surface area contributed by atoms with Crippen LogP contribution < -0.4 is 4.74 Å². The average Bonchev–Trinajstić information content (AvgIpc) is 2.46. The topological polar surface area (TPSA) is 39.2 Å². The summed E-state index contributed by atoms with van der Waals surface area (Å²) in [6, 6.07) is 12.9. The van der Waals surface area contributed by atoms with E-state index in [1.54, 1.807) is 30.5 Å². The summed E-state index contributed by atoms with van der Waals surface area (Å²) in [7, 11) is 0. The van der Waals surface area contributed by atoms with Crippen LogP contribution in [0.5, 0.6) is 5.75 Å². The van der Waals surface area contributed by atoms with E-state index in [2.05, 4.69) is 11.9 Å². The van der Waals surface area contributed by atoms with Crippen LogP contribution in [0.2, 0.25) is 0 Å². The minimum absolute atomic E-state index is 0.233. The fraction of sp³-hybridized carbons (Fsp3) is 0.200. The molecular weight excluding hydrogens is 226 g/mol. The maximum atomic E-state index is 10.5. The Hall–Kier alpha value is -2.16. The van der Waals surface area contributed by atoms with Gasteiger partial charge in [0.15, 0.2) is 0 Å². The van der Waals surface area contributed by atoms with Crippen LogP contribution in [-0.2, 0) is 0 Å². The zero-order valence-corrected chi connectivity index (χ0v) is 10.2. The predicted molar refractivity (Wildman–Crippen MR) is 70.0 cm³/mol. The predicted octanol–water partition coefficient (Wildman–Crippen LogP) is 3.08. The summed E-state index contributed by atoms with van der Waals surface area (Å²) in [4.78, 5) is 14.8. The number of hydrogen-bond acceptors (Lipinski definition) is 3. The van der Waals surface area contributed by atoms with Crippen LogP contribution in [0, 0.1) is 0 Å². The Kier molecular flexibility index (Phi) is 4.07. The first kappa shape index (κ1) is 12.3. The molecule has 0 saturated carbocycles. The Morgan fingerprint density at radius 2 is 2.00 bits per heavy atom. The van der Waals surface area contributed by atoms with Crippen LogP contribution in [-0.4, -0.2) is 17.9 Å². The van der Waals surface area contributed by atoms with Gasteiger partial charge in [0.25, 0.3) is 0 Å². The van der Waals surface area contributed by atoms with Crippen LogP contribution in [0.3, 0.4) is 0 Å². The van der Waals surface area contributed by atoms with Crippen molar-refractivity contribution in [3.63, 3.8) is 0 Å². The number of hydrogen-bond donors (Lipinski definition) is 0. The molecule has 0 radical (unpaired) electrons. The van der Waals surface area contributed by atoms with Crippen molar-refractivity contribution in [3.05, 3.63) is 59.9 Å². The smallest absolute Gasteiger partial charge is 0.150 e. The Balaban J connectivity index is 1.93. The number of aldehydes is 1. The van der Waals surface area contributed by atoms with Gasteiger partial charge in [-0.05, 0) is 36.4 Å². The highest BCUT2D eigenvalue weighted by Gasteiger charge is 2.07. The van der Waals surface area contributed by atoms with Crippen molar-refractivity contribution in [3.8, 4) is 5.75 Å². The quantitative estimate of drug-likeness (QED) is 0.755. The lowest BCUT2D eigenvalue weighted by atomic mass is 10.1. The second-order valence-corrected chi connectivity index (χ2v) is 4.15. The SMILES string of the molecule is CC(COc1ccc(C=O)cc1)c1ccccn1. The standard InChI is InChI=1S/C15H15NO2/c1-12(15-4-2-3-9-16-15)11-18-14-7-5-13(10-17)6-8-14/h2-10,12H,11H2,1H3. The molecule has 0 aliphatic heterocycles.